The molecule has 1 aliphatic rings. The summed E-state index contributed by atoms with van der Waals surface area (Å²) in [6.07, 6.45) is 0.963. The number of rotatable bonds is 5. The first-order valence-corrected chi connectivity index (χ1v) is 8.54. The van der Waals surface area contributed by atoms with Gasteiger partial charge in [-0.05, 0) is 16.6 Å². The first kappa shape index (κ1) is 15.9. The molecule has 0 saturated carbocycles. The molecule has 2 heterocycles. The molecular formula is C15H17N4O3S-. The maximum absolute atomic E-state index is 12.1. The summed E-state index contributed by atoms with van der Waals surface area (Å²) in [4.78, 5) is 14.0. The molecule has 2 aromatic rings. The fourth-order valence-electron chi connectivity index (χ4n) is 2.67. The first-order valence-electron chi connectivity index (χ1n) is 7.30. The number of aromatic amines is 1. The number of aromatic nitrogens is 2. The van der Waals surface area contributed by atoms with Gasteiger partial charge in [0.05, 0.1) is 12.3 Å². The zero-order chi connectivity index (χ0) is 16.2. The van der Waals surface area contributed by atoms with Gasteiger partial charge in [0.2, 0.25) is 5.91 Å². The molecule has 3 rings (SSSR count). The second-order valence-corrected chi connectivity index (χ2v) is 6.34. The topological polar surface area (TPSA) is 101 Å². The van der Waals surface area contributed by atoms with Crippen LogP contribution in [0.15, 0.2) is 30.3 Å². The van der Waals surface area contributed by atoms with Crippen molar-refractivity contribution < 1.29 is 13.6 Å². The van der Waals surface area contributed by atoms with E-state index in [-0.39, 0.29) is 18.2 Å². The second kappa shape index (κ2) is 7.03. The van der Waals surface area contributed by atoms with Crippen LogP contribution in [-0.4, -0.2) is 42.2 Å². The Morgan fingerprint density at radius 3 is 2.91 bits per heavy atom. The van der Waals surface area contributed by atoms with E-state index in [4.69, 9.17) is 0 Å². The van der Waals surface area contributed by atoms with Gasteiger partial charge < -0.3 is 9.87 Å². The molecule has 1 aromatic heterocycles. The zero-order valence-corrected chi connectivity index (χ0v) is 13.3. The number of benzene rings is 1. The van der Waals surface area contributed by atoms with E-state index in [1.807, 2.05) is 35.2 Å². The number of hydrogen-bond donors (Lipinski definition) is 2. The average Bonchev–Trinajstić information content (AvgIpc) is 2.90. The smallest absolute Gasteiger partial charge is 0.230 e. The summed E-state index contributed by atoms with van der Waals surface area (Å²) >= 11 is -2.11. The van der Waals surface area contributed by atoms with Gasteiger partial charge in [-0.2, -0.15) is 5.10 Å². The lowest BCUT2D eigenvalue weighted by atomic mass is 10.1. The van der Waals surface area contributed by atoms with E-state index >= 15 is 0 Å². The summed E-state index contributed by atoms with van der Waals surface area (Å²) in [6.45, 7) is 1.11. The minimum atomic E-state index is -2.11. The number of carbonyl (C=O) groups is 1. The van der Waals surface area contributed by atoms with E-state index in [0.717, 1.165) is 16.8 Å². The Bertz CT molecular complexity index is 717. The first-order chi connectivity index (χ1) is 11.1. The van der Waals surface area contributed by atoms with Crippen LogP contribution in [0.25, 0.3) is 0 Å². The summed E-state index contributed by atoms with van der Waals surface area (Å²) < 4.78 is 21.7. The Morgan fingerprint density at radius 1 is 1.39 bits per heavy atom. The van der Waals surface area contributed by atoms with E-state index in [0.29, 0.717) is 25.3 Å². The summed E-state index contributed by atoms with van der Waals surface area (Å²) in [5.41, 5.74) is 2.74. The molecule has 122 valence electrons. The molecule has 1 aliphatic heterocycles. The third kappa shape index (κ3) is 4.04. The number of hydrogen-bond acceptors (Lipinski definition) is 5. The Morgan fingerprint density at radius 2 is 2.17 bits per heavy atom. The van der Waals surface area contributed by atoms with Crippen molar-refractivity contribution in [1.29, 1.82) is 0 Å². The van der Waals surface area contributed by atoms with Crippen LogP contribution in [0.3, 0.4) is 0 Å². The van der Waals surface area contributed by atoms with Gasteiger partial charge >= 0.3 is 0 Å². The van der Waals surface area contributed by atoms with Gasteiger partial charge in [0.15, 0.2) is 5.82 Å². The molecule has 0 aliphatic carbocycles. The number of carbonyl (C=O) groups excluding carboxylic acids is 1. The summed E-state index contributed by atoms with van der Waals surface area (Å²) in [5.74, 6) is 0.333. The molecule has 8 heteroatoms. The van der Waals surface area contributed by atoms with Crippen molar-refractivity contribution in [1.82, 2.24) is 15.1 Å². The minimum Gasteiger partial charge on any atom is -0.771 e. The van der Waals surface area contributed by atoms with E-state index in [1.54, 1.807) is 0 Å². The van der Waals surface area contributed by atoms with Crippen molar-refractivity contribution in [2.24, 2.45) is 0 Å². The maximum Gasteiger partial charge on any atom is 0.230 e. The zero-order valence-electron chi connectivity index (χ0n) is 12.4. The Labute approximate surface area is 136 Å². The summed E-state index contributed by atoms with van der Waals surface area (Å²) in [5, 5.41) is 9.89. The number of H-pyrrole nitrogens is 1. The molecule has 1 aromatic carbocycles. The van der Waals surface area contributed by atoms with Crippen LogP contribution < -0.4 is 5.32 Å². The van der Waals surface area contributed by atoms with Crippen LogP contribution in [0, 0.1) is 0 Å². The van der Waals surface area contributed by atoms with Crippen molar-refractivity contribution in [2.45, 2.75) is 19.4 Å². The van der Waals surface area contributed by atoms with E-state index in [2.05, 4.69) is 15.5 Å². The lowest BCUT2D eigenvalue weighted by Gasteiger charge is -2.27. The van der Waals surface area contributed by atoms with Crippen molar-refractivity contribution in [3.63, 3.8) is 0 Å². The quantitative estimate of drug-likeness (QED) is 0.788. The molecule has 0 spiro atoms. The minimum absolute atomic E-state index is 0.0119. The third-order valence-corrected chi connectivity index (χ3v) is 4.34. The predicted octanol–water partition coefficient (Wildman–Crippen LogP) is 0.786. The molecule has 0 radical (unpaired) electrons. The van der Waals surface area contributed by atoms with Gasteiger partial charge in [-0.3, -0.25) is 19.0 Å². The van der Waals surface area contributed by atoms with Crippen molar-refractivity contribution >= 4 is 22.8 Å². The van der Waals surface area contributed by atoms with E-state index in [9.17, 15) is 13.6 Å². The van der Waals surface area contributed by atoms with Crippen LogP contribution in [0.1, 0.15) is 16.8 Å². The molecule has 0 bridgehead atoms. The number of anilines is 1. The van der Waals surface area contributed by atoms with Gasteiger partial charge in [0.1, 0.15) is 0 Å². The highest BCUT2D eigenvalue weighted by atomic mass is 32.2. The number of nitrogens with zero attached hydrogens (tertiary/aromatic N) is 2. The van der Waals surface area contributed by atoms with E-state index < -0.39 is 11.1 Å². The lowest BCUT2D eigenvalue weighted by Crippen LogP contribution is -2.33. The largest absolute Gasteiger partial charge is 0.771 e. The van der Waals surface area contributed by atoms with Gasteiger partial charge in [-0.1, -0.05) is 30.3 Å². The summed E-state index contributed by atoms with van der Waals surface area (Å²) in [6, 6.07) is 9.47. The molecule has 1 unspecified atom stereocenters. The molecule has 2 N–H and O–H groups in total. The molecule has 23 heavy (non-hydrogen) atoms. The Balaban J connectivity index is 1.67. The predicted molar refractivity (Wildman–Crippen MR) is 85.3 cm³/mol. The summed E-state index contributed by atoms with van der Waals surface area (Å²) in [7, 11) is 0. The van der Waals surface area contributed by atoms with Crippen LogP contribution in [-0.2, 0) is 35.3 Å². The fraction of sp³-hybridized carbons (Fsp3) is 0.333. The van der Waals surface area contributed by atoms with Crippen LogP contribution in [0.5, 0.6) is 0 Å². The van der Waals surface area contributed by atoms with Crippen molar-refractivity contribution in [3.05, 3.63) is 47.2 Å². The van der Waals surface area contributed by atoms with Gasteiger partial charge in [-0.15, -0.1) is 0 Å². The Kier molecular flexibility index (Phi) is 4.85. The number of fused-ring (bicyclic) bond motifs is 1. The molecule has 7 nitrogen and oxygen atoms in total. The number of amides is 1. The molecule has 0 fully saturated rings. The van der Waals surface area contributed by atoms with E-state index in [1.165, 1.54) is 0 Å². The highest BCUT2D eigenvalue weighted by Crippen LogP contribution is 2.24. The molecule has 1 amide bonds. The van der Waals surface area contributed by atoms with Crippen LogP contribution >= 0.6 is 0 Å². The van der Waals surface area contributed by atoms with Gasteiger partial charge in [0.25, 0.3) is 0 Å². The normalized spacial score (nSPS) is 15.9. The van der Waals surface area contributed by atoms with Gasteiger partial charge in [0, 0.05) is 30.8 Å². The lowest BCUT2D eigenvalue weighted by molar-refractivity contribution is -0.115. The number of nitrogens with one attached hydrogen (secondary N) is 2. The maximum atomic E-state index is 12.1. The van der Waals surface area contributed by atoms with Gasteiger partial charge in [-0.25, -0.2) is 0 Å². The van der Waals surface area contributed by atoms with Crippen molar-refractivity contribution in [2.75, 3.05) is 17.7 Å². The van der Waals surface area contributed by atoms with Crippen LogP contribution in [0.4, 0.5) is 5.82 Å². The monoisotopic (exact) mass is 333 g/mol. The highest BCUT2D eigenvalue weighted by Gasteiger charge is 2.22. The standard InChI is InChI=1S/C15H18N4O3S/c20-14(8-11-4-2-1-3-5-11)16-15-12-9-19(10-23(21)22)7-6-13(12)17-18-15/h1-5H,6-10H2,(H,21,22)(H2,16,17,18,20)/p-1. The second-order valence-electron chi connectivity index (χ2n) is 5.48. The fourth-order valence-corrected chi connectivity index (χ4v) is 3.19. The highest BCUT2D eigenvalue weighted by molar-refractivity contribution is 7.79. The third-order valence-electron chi connectivity index (χ3n) is 3.77. The molecule has 0 saturated heterocycles. The average molecular weight is 333 g/mol. The molecule has 1 atom stereocenters. The molecular weight excluding hydrogens is 316 g/mol. The van der Waals surface area contributed by atoms with Crippen molar-refractivity contribution in [3.8, 4) is 0 Å². The SMILES string of the molecule is O=C(Cc1ccccc1)Nc1n[nH]c2c1CN(CS(=O)[O-])CC2. The van der Waals surface area contributed by atoms with Crippen LogP contribution in [0.2, 0.25) is 0 Å². The Hall–Kier alpha value is -2.03.